The zero-order valence-electron chi connectivity index (χ0n) is 10.7. The van der Waals surface area contributed by atoms with Gasteiger partial charge in [0.05, 0.1) is 7.11 Å². The Morgan fingerprint density at radius 3 is 2.42 bits per heavy atom. The summed E-state index contributed by atoms with van der Waals surface area (Å²) in [6, 6.07) is 4.64. The molecule has 0 saturated heterocycles. The fraction of sp³-hybridized carbons (Fsp3) is 0.385. The molecule has 2 N–H and O–H groups in total. The van der Waals surface area contributed by atoms with Crippen LogP contribution < -0.4 is 5.32 Å². The second-order valence-electron chi connectivity index (χ2n) is 4.09. The number of nitrogens with one attached hydrogen (secondary N) is 1. The van der Waals surface area contributed by atoms with E-state index >= 15 is 0 Å². The van der Waals surface area contributed by atoms with Crippen LogP contribution in [-0.4, -0.2) is 36.2 Å². The van der Waals surface area contributed by atoms with Gasteiger partial charge in [0.1, 0.15) is 18.0 Å². The fourth-order valence-corrected chi connectivity index (χ4v) is 1.48. The number of hydrogen-bond donors (Lipinski definition) is 2. The zero-order chi connectivity index (χ0) is 14.4. The average Bonchev–Trinajstić information content (AvgIpc) is 2.39. The number of amides is 1. The molecule has 1 aromatic rings. The summed E-state index contributed by atoms with van der Waals surface area (Å²) in [6.45, 7) is 1.29. The van der Waals surface area contributed by atoms with E-state index in [-0.39, 0.29) is 12.2 Å². The van der Waals surface area contributed by atoms with E-state index in [1.165, 1.54) is 38.3 Å². The number of hydrogen-bond acceptors (Lipinski definition) is 4. The van der Waals surface area contributed by atoms with E-state index in [9.17, 15) is 14.0 Å². The Kier molecular flexibility index (Phi) is 5.44. The van der Waals surface area contributed by atoms with Gasteiger partial charge in [-0.3, -0.25) is 4.79 Å². The molecule has 0 aliphatic rings. The Morgan fingerprint density at radius 1 is 1.37 bits per heavy atom. The van der Waals surface area contributed by atoms with Gasteiger partial charge in [0.2, 0.25) is 5.91 Å². The van der Waals surface area contributed by atoms with Crippen molar-refractivity contribution < 1.29 is 23.8 Å². The van der Waals surface area contributed by atoms with Gasteiger partial charge in [-0.05, 0) is 24.6 Å². The van der Waals surface area contributed by atoms with Crippen LogP contribution in [0.5, 0.6) is 0 Å². The molecule has 6 heteroatoms. The SMILES string of the molecule is COC(=O)[C@H](Cc1ccc(F)cc1)NC(=O)[C@H](C)O. The lowest BCUT2D eigenvalue weighted by atomic mass is 10.1. The molecule has 0 heterocycles. The minimum Gasteiger partial charge on any atom is -0.467 e. The number of carbonyl (C=O) groups excluding carboxylic acids is 2. The van der Waals surface area contributed by atoms with Crippen LogP contribution in [0.1, 0.15) is 12.5 Å². The number of halogens is 1. The first-order valence-corrected chi connectivity index (χ1v) is 5.74. The molecule has 0 aliphatic carbocycles. The summed E-state index contributed by atoms with van der Waals surface area (Å²) in [4.78, 5) is 22.9. The normalized spacial score (nSPS) is 13.5. The molecule has 1 aromatic carbocycles. The van der Waals surface area contributed by atoms with Gasteiger partial charge in [0.15, 0.2) is 0 Å². The minimum absolute atomic E-state index is 0.158. The molecular weight excluding hydrogens is 253 g/mol. The molecule has 0 aromatic heterocycles. The van der Waals surface area contributed by atoms with Crippen LogP contribution in [0.2, 0.25) is 0 Å². The summed E-state index contributed by atoms with van der Waals surface area (Å²) < 4.78 is 17.3. The molecular formula is C13H16FNO4. The highest BCUT2D eigenvalue weighted by atomic mass is 19.1. The van der Waals surface area contributed by atoms with E-state index in [0.717, 1.165) is 0 Å². The standard InChI is InChI=1S/C13H16FNO4/c1-8(16)12(17)15-11(13(18)19-2)7-9-3-5-10(14)6-4-9/h3-6,8,11,16H,7H2,1-2H3,(H,15,17)/t8-,11-/m0/s1. The topological polar surface area (TPSA) is 75.6 Å². The fourth-order valence-electron chi connectivity index (χ4n) is 1.48. The third kappa shape index (κ3) is 4.67. The maximum Gasteiger partial charge on any atom is 0.328 e. The molecule has 2 atom stereocenters. The van der Waals surface area contributed by atoms with Gasteiger partial charge < -0.3 is 15.2 Å². The second kappa shape index (κ2) is 6.84. The molecule has 1 rings (SSSR count). The van der Waals surface area contributed by atoms with Crippen molar-refractivity contribution >= 4 is 11.9 Å². The smallest absolute Gasteiger partial charge is 0.328 e. The lowest BCUT2D eigenvalue weighted by Crippen LogP contribution is -2.46. The number of methoxy groups -OCH3 is 1. The molecule has 1 amide bonds. The third-order valence-electron chi connectivity index (χ3n) is 2.53. The van der Waals surface area contributed by atoms with E-state index in [0.29, 0.717) is 5.56 Å². The van der Waals surface area contributed by atoms with Crippen molar-refractivity contribution in [3.05, 3.63) is 35.6 Å². The molecule has 19 heavy (non-hydrogen) atoms. The summed E-state index contributed by atoms with van der Waals surface area (Å²) >= 11 is 0. The Balaban J connectivity index is 2.77. The molecule has 0 unspecified atom stereocenters. The molecule has 5 nitrogen and oxygen atoms in total. The number of aliphatic hydroxyl groups excluding tert-OH is 1. The van der Waals surface area contributed by atoms with Crippen molar-refractivity contribution in [2.24, 2.45) is 0 Å². The van der Waals surface area contributed by atoms with Crippen molar-refractivity contribution in [1.82, 2.24) is 5.32 Å². The third-order valence-corrected chi connectivity index (χ3v) is 2.53. The predicted octanol–water partition coefficient (Wildman–Crippen LogP) is 0.407. The van der Waals surface area contributed by atoms with Crippen LogP contribution in [0.15, 0.2) is 24.3 Å². The number of benzene rings is 1. The lowest BCUT2D eigenvalue weighted by molar-refractivity contribution is -0.146. The molecule has 0 fully saturated rings. The summed E-state index contributed by atoms with van der Waals surface area (Å²) in [5.74, 6) is -1.68. The predicted molar refractivity (Wildman–Crippen MR) is 65.7 cm³/mol. The first kappa shape index (κ1) is 15.1. The highest BCUT2D eigenvalue weighted by molar-refractivity contribution is 5.86. The molecule has 104 valence electrons. The van der Waals surface area contributed by atoms with Gasteiger partial charge in [-0.25, -0.2) is 9.18 Å². The average molecular weight is 269 g/mol. The van der Waals surface area contributed by atoms with Crippen LogP contribution in [0.25, 0.3) is 0 Å². The Hall–Kier alpha value is -1.95. The van der Waals surface area contributed by atoms with Crippen molar-refractivity contribution in [3.8, 4) is 0 Å². The van der Waals surface area contributed by atoms with Crippen LogP contribution in [0.3, 0.4) is 0 Å². The summed E-state index contributed by atoms with van der Waals surface area (Å²) in [7, 11) is 1.20. The zero-order valence-corrected chi connectivity index (χ0v) is 10.7. The van der Waals surface area contributed by atoms with E-state index in [1.54, 1.807) is 0 Å². The van der Waals surface area contributed by atoms with Crippen LogP contribution in [0, 0.1) is 5.82 Å². The Bertz CT molecular complexity index is 444. The first-order chi connectivity index (χ1) is 8.93. The van der Waals surface area contributed by atoms with Gasteiger partial charge in [0.25, 0.3) is 0 Å². The van der Waals surface area contributed by atoms with Crippen molar-refractivity contribution in [2.45, 2.75) is 25.5 Å². The Labute approximate surface area is 110 Å². The van der Waals surface area contributed by atoms with Gasteiger partial charge in [-0.2, -0.15) is 0 Å². The summed E-state index contributed by atoms with van der Waals surface area (Å²) in [5, 5.41) is 11.5. The molecule has 0 bridgehead atoms. The maximum absolute atomic E-state index is 12.8. The van der Waals surface area contributed by atoms with Gasteiger partial charge in [-0.15, -0.1) is 0 Å². The van der Waals surface area contributed by atoms with Crippen molar-refractivity contribution in [3.63, 3.8) is 0 Å². The van der Waals surface area contributed by atoms with Crippen molar-refractivity contribution in [2.75, 3.05) is 7.11 Å². The highest BCUT2D eigenvalue weighted by Crippen LogP contribution is 2.07. The van der Waals surface area contributed by atoms with Gasteiger partial charge in [0, 0.05) is 6.42 Å². The molecule has 0 radical (unpaired) electrons. The Morgan fingerprint density at radius 2 is 1.95 bits per heavy atom. The molecule has 0 spiro atoms. The second-order valence-corrected chi connectivity index (χ2v) is 4.09. The lowest BCUT2D eigenvalue weighted by Gasteiger charge is -2.17. The number of aliphatic hydroxyl groups is 1. The van der Waals surface area contributed by atoms with Gasteiger partial charge in [-0.1, -0.05) is 12.1 Å². The van der Waals surface area contributed by atoms with Gasteiger partial charge >= 0.3 is 5.97 Å². The summed E-state index contributed by atoms with van der Waals surface area (Å²) in [6.07, 6.45) is -1.06. The molecule has 0 aliphatic heterocycles. The maximum atomic E-state index is 12.8. The largest absolute Gasteiger partial charge is 0.467 e. The number of carbonyl (C=O) groups is 2. The van der Waals surface area contributed by atoms with E-state index in [4.69, 9.17) is 5.11 Å². The minimum atomic E-state index is -1.22. The highest BCUT2D eigenvalue weighted by Gasteiger charge is 2.23. The monoisotopic (exact) mass is 269 g/mol. The van der Waals surface area contributed by atoms with Crippen LogP contribution >= 0.6 is 0 Å². The quantitative estimate of drug-likeness (QED) is 0.759. The van der Waals surface area contributed by atoms with E-state index in [1.807, 2.05) is 0 Å². The first-order valence-electron chi connectivity index (χ1n) is 5.74. The van der Waals surface area contributed by atoms with E-state index in [2.05, 4.69) is 10.1 Å². The van der Waals surface area contributed by atoms with Crippen LogP contribution in [0.4, 0.5) is 4.39 Å². The number of rotatable bonds is 5. The number of esters is 1. The van der Waals surface area contributed by atoms with E-state index < -0.39 is 24.0 Å². The molecule has 0 saturated carbocycles. The summed E-state index contributed by atoms with van der Waals surface area (Å²) in [5.41, 5.74) is 0.669. The van der Waals surface area contributed by atoms with Crippen molar-refractivity contribution in [1.29, 1.82) is 0 Å². The number of ether oxygens (including phenoxy) is 1. The van der Waals surface area contributed by atoms with Crippen LogP contribution in [-0.2, 0) is 20.7 Å².